The van der Waals surface area contributed by atoms with Crippen LogP contribution in [0.4, 0.5) is 0 Å². The number of rotatable bonds is 19. The molecule has 0 aromatic heterocycles. The zero-order chi connectivity index (χ0) is 17.9. The normalized spacial score (nSPS) is 14.0. The highest BCUT2D eigenvalue weighted by Gasteiger charge is 2.13. The number of aliphatic hydroxyl groups is 3. The number of unbranched alkanes of at least 4 members (excludes halogenated alkanes) is 15. The lowest BCUT2D eigenvalue weighted by atomic mass is 10.0. The van der Waals surface area contributed by atoms with Crippen molar-refractivity contribution in [1.29, 1.82) is 0 Å². The van der Waals surface area contributed by atoms with Gasteiger partial charge in [-0.25, -0.2) is 0 Å². The highest BCUT2D eigenvalue weighted by molar-refractivity contribution is 4.65. The molecular formula is C21H44O3. The minimum absolute atomic E-state index is 0.347. The maximum absolute atomic E-state index is 9.52. The molecule has 0 aliphatic heterocycles. The topological polar surface area (TPSA) is 60.7 Å². The number of aliphatic hydroxyl groups excluding tert-OH is 3. The Hall–Kier alpha value is -0.120. The van der Waals surface area contributed by atoms with Gasteiger partial charge < -0.3 is 15.3 Å². The first-order chi connectivity index (χ1) is 11.7. The second-order valence-electron chi connectivity index (χ2n) is 7.41. The van der Waals surface area contributed by atoms with E-state index in [2.05, 4.69) is 6.92 Å². The van der Waals surface area contributed by atoms with Crippen LogP contribution in [0.2, 0.25) is 0 Å². The summed E-state index contributed by atoms with van der Waals surface area (Å²) in [5.41, 5.74) is 0. The SMILES string of the molecule is CCCCCCCCCCCCCCCCCC[C@H](O)C(O)CO. The van der Waals surface area contributed by atoms with Crippen molar-refractivity contribution >= 4 is 0 Å². The van der Waals surface area contributed by atoms with Crippen LogP contribution in [0.25, 0.3) is 0 Å². The molecule has 3 nitrogen and oxygen atoms in total. The van der Waals surface area contributed by atoms with Crippen LogP contribution in [0.15, 0.2) is 0 Å². The van der Waals surface area contributed by atoms with Crippen molar-refractivity contribution in [2.45, 2.75) is 128 Å². The average Bonchev–Trinajstić information content (AvgIpc) is 2.60. The van der Waals surface area contributed by atoms with Gasteiger partial charge in [0.15, 0.2) is 0 Å². The molecule has 3 heteroatoms. The summed E-state index contributed by atoms with van der Waals surface area (Å²) in [6.45, 7) is 1.93. The summed E-state index contributed by atoms with van der Waals surface area (Å²) < 4.78 is 0. The van der Waals surface area contributed by atoms with E-state index in [0.29, 0.717) is 6.42 Å². The lowest BCUT2D eigenvalue weighted by Crippen LogP contribution is -2.28. The second kappa shape index (κ2) is 19.2. The molecule has 0 aromatic carbocycles. The summed E-state index contributed by atoms with van der Waals surface area (Å²) in [5.74, 6) is 0. The molecule has 2 atom stereocenters. The van der Waals surface area contributed by atoms with Gasteiger partial charge in [-0.05, 0) is 6.42 Å². The van der Waals surface area contributed by atoms with E-state index in [0.717, 1.165) is 12.8 Å². The fraction of sp³-hybridized carbons (Fsp3) is 1.00. The van der Waals surface area contributed by atoms with Crippen LogP contribution in [0.1, 0.15) is 116 Å². The van der Waals surface area contributed by atoms with Gasteiger partial charge in [0, 0.05) is 0 Å². The molecule has 0 fully saturated rings. The van der Waals surface area contributed by atoms with E-state index < -0.39 is 12.2 Å². The maximum atomic E-state index is 9.52. The van der Waals surface area contributed by atoms with Gasteiger partial charge in [0.1, 0.15) is 6.10 Å². The maximum Gasteiger partial charge on any atom is 0.103 e. The van der Waals surface area contributed by atoms with Gasteiger partial charge in [-0.15, -0.1) is 0 Å². The van der Waals surface area contributed by atoms with Gasteiger partial charge >= 0.3 is 0 Å². The highest BCUT2D eigenvalue weighted by Crippen LogP contribution is 2.14. The lowest BCUT2D eigenvalue weighted by Gasteiger charge is -2.14. The summed E-state index contributed by atoms with van der Waals surface area (Å²) in [6, 6.07) is 0. The minimum atomic E-state index is -0.971. The fourth-order valence-corrected chi connectivity index (χ4v) is 3.22. The van der Waals surface area contributed by atoms with Crippen LogP contribution in [0, 0.1) is 0 Å². The summed E-state index contributed by atoms with van der Waals surface area (Å²) in [4.78, 5) is 0. The van der Waals surface area contributed by atoms with Crippen molar-refractivity contribution in [2.24, 2.45) is 0 Å². The van der Waals surface area contributed by atoms with Crippen LogP contribution in [0.5, 0.6) is 0 Å². The molecule has 0 saturated carbocycles. The van der Waals surface area contributed by atoms with E-state index in [1.165, 1.54) is 89.9 Å². The molecule has 0 aliphatic rings. The van der Waals surface area contributed by atoms with E-state index in [1.807, 2.05) is 0 Å². The third-order valence-corrected chi connectivity index (χ3v) is 4.98. The van der Waals surface area contributed by atoms with Gasteiger partial charge in [-0.2, -0.15) is 0 Å². The molecular weight excluding hydrogens is 300 g/mol. The molecule has 146 valence electrons. The first kappa shape index (κ1) is 23.9. The Kier molecular flexibility index (Phi) is 19.1. The highest BCUT2D eigenvalue weighted by atomic mass is 16.4. The quantitative estimate of drug-likeness (QED) is 0.277. The molecule has 0 rings (SSSR count). The molecule has 24 heavy (non-hydrogen) atoms. The fourth-order valence-electron chi connectivity index (χ4n) is 3.22. The predicted molar refractivity (Wildman–Crippen MR) is 103 cm³/mol. The van der Waals surface area contributed by atoms with Gasteiger partial charge in [-0.1, -0.05) is 110 Å². The van der Waals surface area contributed by atoms with Crippen LogP contribution in [0.3, 0.4) is 0 Å². The zero-order valence-corrected chi connectivity index (χ0v) is 16.2. The van der Waals surface area contributed by atoms with Crippen molar-refractivity contribution in [3.8, 4) is 0 Å². The second-order valence-corrected chi connectivity index (χ2v) is 7.41. The molecule has 0 aliphatic carbocycles. The standard InChI is InChI=1S/C21H44O3/c1-2-3-4-5-6-7-8-9-10-11-12-13-14-15-16-17-18-20(23)21(24)19-22/h20-24H,2-19H2,1H3/t20-,21?/m0/s1. The molecule has 1 unspecified atom stereocenters. The van der Waals surface area contributed by atoms with E-state index in [1.54, 1.807) is 0 Å². The first-order valence-electron chi connectivity index (χ1n) is 10.7. The third kappa shape index (κ3) is 16.7. The Labute approximate surface area is 150 Å². The van der Waals surface area contributed by atoms with Crippen molar-refractivity contribution < 1.29 is 15.3 Å². The molecule has 0 amide bonds. The van der Waals surface area contributed by atoms with E-state index in [9.17, 15) is 10.2 Å². The number of hydrogen-bond donors (Lipinski definition) is 3. The van der Waals surface area contributed by atoms with E-state index in [-0.39, 0.29) is 6.61 Å². The van der Waals surface area contributed by atoms with E-state index in [4.69, 9.17) is 5.11 Å². The largest absolute Gasteiger partial charge is 0.394 e. The molecule has 3 N–H and O–H groups in total. The Morgan fingerprint density at radius 2 is 0.833 bits per heavy atom. The van der Waals surface area contributed by atoms with Crippen molar-refractivity contribution in [2.75, 3.05) is 6.61 Å². The summed E-state index contributed by atoms with van der Waals surface area (Å²) in [6.07, 6.45) is 20.2. The summed E-state index contributed by atoms with van der Waals surface area (Å²) in [7, 11) is 0. The van der Waals surface area contributed by atoms with Crippen LogP contribution < -0.4 is 0 Å². The monoisotopic (exact) mass is 344 g/mol. The molecule has 0 radical (unpaired) electrons. The summed E-state index contributed by atoms with van der Waals surface area (Å²) in [5, 5.41) is 27.5. The molecule has 0 heterocycles. The van der Waals surface area contributed by atoms with Gasteiger partial charge in [0.2, 0.25) is 0 Å². The Morgan fingerprint density at radius 3 is 1.17 bits per heavy atom. The summed E-state index contributed by atoms with van der Waals surface area (Å²) >= 11 is 0. The minimum Gasteiger partial charge on any atom is -0.394 e. The number of hydrogen-bond acceptors (Lipinski definition) is 3. The van der Waals surface area contributed by atoms with Crippen molar-refractivity contribution in [3.63, 3.8) is 0 Å². The van der Waals surface area contributed by atoms with Gasteiger partial charge in [-0.3, -0.25) is 0 Å². The van der Waals surface area contributed by atoms with Gasteiger partial charge in [0.25, 0.3) is 0 Å². The van der Waals surface area contributed by atoms with Crippen LogP contribution in [-0.4, -0.2) is 34.1 Å². The molecule has 0 saturated heterocycles. The Bertz CT molecular complexity index is 233. The molecule has 0 bridgehead atoms. The van der Waals surface area contributed by atoms with Gasteiger partial charge in [0.05, 0.1) is 12.7 Å². The Morgan fingerprint density at radius 1 is 0.500 bits per heavy atom. The molecule has 0 spiro atoms. The molecule has 0 aromatic rings. The van der Waals surface area contributed by atoms with Crippen molar-refractivity contribution in [1.82, 2.24) is 0 Å². The van der Waals surface area contributed by atoms with Crippen LogP contribution in [-0.2, 0) is 0 Å². The lowest BCUT2D eigenvalue weighted by molar-refractivity contribution is -0.0185. The third-order valence-electron chi connectivity index (χ3n) is 4.98. The zero-order valence-electron chi connectivity index (χ0n) is 16.2. The predicted octanol–water partition coefficient (Wildman–Crippen LogP) is 5.35. The van der Waals surface area contributed by atoms with E-state index >= 15 is 0 Å². The van der Waals surface area contributed by atoms with Crippen LogP contribution >= 0.6 is 0 Å². The Balaban J connectivity index is 3.08. The smallest absolute Gasteiger partial charge is 0.103 e. The average molecular weight is 345 g/mol. The van der Waals surface area contributed by atoms with Crippen molar-refractivity contribution in [3.05, 3.63) is 0 Å². The first-order valence-corrected chi connectivity index (χ1v) is 10.7.